The van der Waals surface area contributed by atoms with E-state index >= 15 is 0 Å². The summed E-state index contributed by atoms with van der Waals surface area (Å²) in [5, 5.41) is 3.31. The number of nitrogens with one attached hydrogen (secondary N) is 1. The molecule has 1 aliphatic heterocycles. The second-order valence-corrected chi connectivity index (χ2v) is 5.26. The largest absolute Gasteiger partial charge is 0.441 e. The van der Waals surface area contributed by atoms with Crippen LogP contribution >= 0.6 is 0 Å². The third-order valence-corrected chi connectivity index (χ3v) is 3.45. The number of aryl methyl sites for hydroxylation is 1. The molecule has 2 aromatic rings. The van der Waals surface area contributed by atoms with Gasteiger partial charge in [0.2, 0.25) is 0 Å². The lowest BCUT2D eigenvalue weighted by atomic mass is 10.0. The zero-order valence-electron chi connectivity index (χ0n) is 10.9. The molecular formula is C14H19N3O. The molecule has 4 nitrogen and oxygen atoms in total. The lowest BCUT2D eigenvalue weighted by molar-refractivity contribution is 0.218. The first kappa shape index (κ1) is 11.7. The average Bonchev–Trinajstić information content (AvgIpc) is 2.63. The normalized spacial score (nSPS) is 16.4. The SMILES string of the molecule is Cc1nc2ccc(CN(C)CC3CNC3)cc2o1. The van der Waals surface area contributed by atoms with Crippen LogP contribution < -0.4 is 5.32 Å². The molecule has 3 rings (SSSR count). The van der Waals surface area contributed by atoms with Crippen molar-refractivity contribution in [2.75, 3.05) is 26.7 Å². The molecule has 18 heavy (non-hydrogen) atoms. The minimum atomic E-state index is 0.732. The van der Waals surface area contributed by atoms with E-state index in [9.17, 15) is 0 Å². The number of nitrogens with zero attached hydrogens (tertiary/aromatic N) is 2. The Kier molecular flexibility index (Phi) is 3.06. The Morgan fingerprint density at radius 3 is 3.00 bits per heavy atom. The van der Waals surface area contributed by atoms with Gasteiger partial charge in [0, 0.05) is 33.1 Å². The van der Waals surface area contributed by atoms with Gasteiger partial charge >= 0.3 is 0 Å². The molecule has 96 valence electrons. The molecule has 1 saturated heterocycles. The number of benzene rings is 1. The van der Waals surface area contributed by atoms with E-state index in [1.807, 2.05) is 13.0 Å². The van der Waals surface area contributed by atoms with E-state index in [4.69, 9.17) is 4.42 Å². The van der Waals surface area contributed by atoms with Gasteiger partial charge in [-0.1, -0.05) is 6.07 Å². The van der Waals surface area contributed by atoms with Crippen LogP contribution in [-0.4, -0.2) is 36.6 Å². The fourth-order valence-electron chi connectivity index (χ4n) is 2.48. The molecule has 0 unspecified atom stereocenters. The van der Waals surface area contributed by atoms with Crippen molar-refractivity contribution in [1.29, 1.82) is 0 Å². The molecule has 1 aliphatic rings. The minimum absolute atomic E-state index is 0.732. The lowest BCUT2D eigenvalue weighted by Crippen LogP contribution is -2.47. The summed E-state index contributed by atoms with van der Waals surface area (Å²) in [6, 6.07) is 6.28. The summed E-state index contributed by atoms with van der Waals surface area (Å²) in [6.45, 7) is 6.32. The average molecular weight is 245 g/mol. The van der Waals surface area contributed by atoms with Crippen LogP contribution in [0, 0.1) is 12.8 Å². The summed E-state index contributed by atoms with van der Waals surface area (Å²) >= 11 is 0. The van der Waals surface area contributed by atoms with Gasteiger partial charge in [-0.25, -0.2) is 4.98 Å². The molecule has 0 saturated carbocycles. The number of hydrogen-bond donors (Lipinski definition) is 1. The lowest BCUT2D eigenvalue weighted by Gasteiger charge is -2.31. The molecule has 1 aromatic carbocycles. The quantitative estimate of drug-likeness (QED) is 0.891. The van der Waals surface area contributed by atoms with Gasteiger partial charge in [0.15, 0.2) is 11.5 Å². The Labute approximate surface area is 107 Å². The highest BCUT2D eigenvalue weighted by molar-refractivity contribution is 5.73. The molecule has 0 spiro atoms. The van der Waals surface area contributed by atoms with E-state index in [-0.39, 0.29) is 0 Å². The van der Waals surface area contributed by atoms with E-state index in [0.29, 0.717) is 0 Å². The third kappa shape index (κ3) is 2.40. The topological polar surface area (TPSA) is 41.3 Å². The molecule has 2 heterocycles. The first-order chi connectivity index (χ1) is 8.70. The summed E-state index contributed by atoms with van der Waals surface area (Å²) in [7, 11) is 2.17. The van der Waals surface area contributed by atoms with Crippen molar-refractivity contribution in [3.8, 4) is 0 Å². The van der Waals surface area contributed by atoms with Gasteiger partial charge in [0.05, 0.1) is 0 Å². The Balaban J connectivity index is 1.69. The van der Waals surface area contributed by atoms with Crippen molar-refractivity contribution < 1.29 is 4.42 Å². The Bertz CT molecular complexity index is 545. The molecule has 4 heteroatoms. The molecule has 1 N–H and O–H groups in total. The molecule has 0 bridgehead atoms. The van der Waals surface area contributed by atoms with Gasteiger partial charge in [-0.2, -0.15) is 0 Å². The Morgan fingerprint density at radius 2 is 2.28 bits per heavy atom. The number of aromatic nitrogens is 1. The predicted octanol–water partition coefficient (Wildman–Crippen LogP) is 1.79. The maximum Gasteiger partial charge on any atom is 0.192 e. The molecule has 1 fully saturated rings. The van der Waals surface area contributed by atoms with Crippen LogP contribution in [0.25, 0.3) is 11.1 Å². The second kappa shape index (κ2) is 4.71. The summed E-state index contributed by atoms with van der Waals surface area (Å²) < 4.78 is 5.56. The van der Waals surface area contributed by atoms with Crippen LogP contribution in [0.4, 0.5) is 0 Å². The third-order valence-electron chi connectivity index (χ3n) is 3.45. The second-order valence-electron chi connectivity index (χ2n) is 5.26. The summed E-state index contributed by atoms with van der Waals surface area (Å²) in [4.78, 5) is 6.69. The van der Waals surface area contributed by atoms with E-state index in [1.54, 1.807) is 0 Å². The van der Waals surface area contributed by atoms with E-state index in [2.05, 4.69) is 34.4 Å². The van der Waals surface area contributed by atoms with Gasteiger partial charge in [0.1, 0.15) is 5.52 Å². The molecule has 0 radical (unpaired) electrons. The minimum Gasteiger partial charge on any atom is -0.441 e. The zero-order valence-corrected chi connectivity index (χ0v) is 10.9. The van der Waals surface area contributed by atoms with E-state index < -0.39 is 0 Å². The monoisotopic (exact) mass is 245 g/mol. The van der Waals surface area contributed by atoms with Crippen LogP contribution in [0.3, 0.4) is 0 Å². The zero-order chi connectivity index (χ0) is 12.5. The van der Waals surface area contributed by atoms with Crippen LogP contribution in [0.15, 0.2) is 22.6 Å². The van der Waals surface area contributed by atoms with Crippen molar-refractivity contribution in [3.05, 3.63) is 29.7 Å². The summed E-state index contributed by atoms with van der Waals surface area (Å²) in [5.41, 5.74) is 3.12. The predicted molar refractivity (Wildman–Crippen MR) is 71.4 cm³/mol. The van der Waals surface area contributed by atoms with Crippen molar-refractivity contribution in [2.45, 2.75) is 13.5 Å². The number of fused-ring (bicyclic) bond motifs is 1. The van der Waals surface area contributed by atoms with Crippen LogP contribution in [0.1, 0.15) is 11.5 Å². The van der Waals surface area contributed by atoms with Crippen LogP contribution in [0.2, 0.25) is 0 Å². The highest BCUT2D eigenvalue weighted by Crippen LogP contribution is 2.18. The first-order valence-corrected chi connectivity index (χ1v) is 6.46. The maximum absolute atomic E-state index is 5.56. The highest BCUT2D eigenvalue weighted by Gasteiger charge is 2.18. The molecule has 0 aliphatic carbocycles. The number of oxazole rings is 1. The van der Waals surface area contributed by atoms with E-state index in [0.717, 1.165) is 49.1 Å². The number of hydrogen-bond acceptors (Lipinski definition) is 4. The van der Waals surface area contributed by atoms with Gasteiger partial charge in [-0.05, 0) is 30.7 Å². The molecule has 0 amide bonds. The van der Waals surface area contributed by atoms with E-state index in [1.165, 1.54) is 5.56 Å². The molecule has 1 aromatic heterocycles. The van der Waals surface area contributed by atoms with Crippen molar-refractivity contribution in [3.63, 3.8) is 0 Å². The van der Waals surface area contributed by atoms with Gasteiger partial charge < -0.3 is 14.6 Å². The Hall–Kier alpha value is -1.39. The van der Waals surface area contributed by atoms with Gasteiger partial charge in [0.25, 0.3) is 0 Å². The molecular weight excluding hydrogens is 226 g/mol. The first-order valence-electron chi connectivity index (χ1n) is 6.46. The number of rotatable bonds is 4. The van der Waals surface area contributed by atoms with Crippen LogP contribution in [-0.2, 0) is 6.54 Å². The fourth-order valence-corrected chi connectivity index (χ4v) is 2.48. The highest BCUT2D eigenvalue weighted by atomic mass is 16.3. The standard InChI is InChI=1S/C14H19N3O/c1-10-16-13-4-3-11(5-14(13)18-10)8-17(2)9-12-6-15-7-12/h3-5,12,15H,6-9H2,1-2H3. The summed E-state index contributed by atoms with van der Waals surface area (Å²) in [6.07, 6.45) is 0. The Morgan fingerprint density at radius 1 is 1.44 bits per heavy atom. The molecule has 0 atom stereocenters. The van der Waals surface area contributed by atoms with Crippen LogP contribution in [0.5, 0.6) is 0 Å². The van der Waals surface area contributed by atoms with Crippen molar-refractivity contribution in [2.24, 2.45) is 5.92 Å². The van der Waals surface area contributed by atoms with Gasteiger partial charge in [-0.3, -0.25) is 0 Å². The smallest absolute Gasteiger partial charge is 0.192 e. The maximum atomic E-state index is 5.56. The van der Waals surface area contributed by atoms with Gasteiger partial charge in [-0.15, -0.1) is 0 Å². The van der Waals surface area contributed by atoms with Crippen molar-refractivity contribution in [1.82, 2.24) is 15.2 Å². The van der Waals surface area contributed by atoms with Crippen molar-refractivity contribution >= 4 is 11.1 Å². The summed E-state index contributed by atoms with van der Waals surface area (Å²) in [5.74, 6) is 1.54. The fraction of sp³-hybridized carbons (Fsp3) is 0.500.